The molecule has 0 aliphatic carbocycles. The van der Waals surface area contributed by atoms with Crippen LogP contribution in [0.3, 0.4) is 0 Å². The Morgan fingerprint density at radius 2 is 1.65 bits per heavy atom. The minimum absolute atomic E-state index is 0.0166. The van der Waals surface area contributed by atoms with Gasteiger partial charge in [-0.15, -0.1) is 0 Å². The molecule has 0 atom stereocenters. The summed E-state index contributed by atoms with van der Waals surface area (Å²) in [5.74, 6) is 0.198. The summed E-state index contributed by atoms with van der Waals surface area (Å²) in [5, 5.41) is 3.00. The van der Waals surface area contributed by atoms with Gasteiger partial charge in [-0.05, 0) is 6.42 Å². The van der Waals surface area contributed by atoms with Crippen LogP contribution in [0.2, 0.25) is 0 Å². The van der Waals surface area contributed by atoms with Crippen LogP contribution in [0.15, 0.2) is 0 Å². The lowest BCUT2D eigenvalue weighted by atomic mass is 10.2. The van der Waals surface area contributed by atoms with Crippen molar-refractivity contribution in [2.45, 2.75) is 20.3 Å². The summed E-state index contributed by atoms with van der Waals surface area (Å²) in [6.45, 7) is 11.5. The van der Waals surface area contributed by atoms with E-state index in [1.807, 2.05) is 23.6 Å². The summed E-state index contributed by atoms with van der Waals surface area (Å²) in [4.78, 5) is 30.3. The molecule has 0 aromatic heterocycles. The van der Waals surface area contributed by atoms with E-state index >= 15 is 0 Å². The predicted molar refractivity (Wildman–Crippen MR) is 88.3 cm³/mol. The molecule has 1 N–H and O–H groups in total. The third kappa shape index (κ3) is 5.66. The molecule has 23 heavy (non-hydrogen) atoms. The summed E-state index contributed by atoms with van der Waals surface area (Å²) in [6, 6.07) is -0.0166. The van der Waals surface area contributed by atoms with Crippen LogP contribution in [0, 0.1) is 5.92 Å². The van der Waals surface area contributed by atoms with Crippen molar-refractivity contribution < 1.29 is 14.3 Å². The molecule has 0 aromatic carbocycles. The summed E-state index contributed by atoms with van der Waals surface area (Å²) in [7, 11) is 0. The number of nitrogens with zero attached hydrogens (tertiary/aromatic N) is 3. The van der Waals surface area contributed by atoms with Crippen LogP contribution in [0.5, 0.6) is 0 Å². The number of rotatable bonds is 4. The lowest BCUT2D eigenvalue weighted by Gasteiger charge is -2.27. The standard InChI is InChI=1S/C16H30N4O3/c1-14(2)15(21)19-5-3-6-20(9-8-19)16(22)17-4-7-18-10-12-23-13-11-18/h14H,3-13H2,1-2H3,(H,17,22). The SMILES string of the molecule is CC(C)C(=O)N1CCCN(C(=O)NCCN2CCOCC2)CC1. The largest absolute Gasteiger partial charge is 0.379 e. The van der Waals surface area contributed by atoms with Crippen molar-refractivity contribution in [1.82, 2.24) is 20.0 Å². The maximum Gasteiger partial charge on any atom is 0.317 e. The highest BCUT2D eigenvalue weighted by Crippen LogP contribution is 2.08. The second-order valence-corrected chi connectivity index (χ2v) is 6.51. The first-order valence-electron chi connectivity index (χ1n) is 8.69. The first-order valence-corrected chi connectivity index (χ1v) is 8.69. The molecule has 7 nitrogen and oxygen atoms in total. The Bertz CT molecular complexity index is 397. The monoisotopic (exact) mass is 326 g/mol. The molecule has 0 spiro atoms. The lowest BCUT2D eigenvalue weighted by molar-refractivity contribution is -0.134. The number of carbonyl (C=O) groups is 2. The summed E-state index contributed by atoms with van der Waals surface area (Å²) < 4.78 is 5.31. The van der Waals surface area contributed by atoms with Crippen molar-refractivity contribution in [1.29, 1.82) is 0 Å². The Labute approximate surface area is 138 Å². The average Bonchev–Trinajstić information content (AvgIpc) is 2.81. The molecule has 2 aliphatic rings. The van der Waals surface area contributed by atoms with Gasteiger partial charge in [-0.1, -0.05) is 13.8 Å². The number of amides is 3. The molecule has 0 radical (unpaired) electrons. The number of hydrogen-bond donors (Lipinski definition) is 1. The molecule has 7 heteroatoms. The number of carbonyl (C=O) groups excluding carboxylic acids is 2. The average molecular weight is 326 g/mol. The molecule has 3 amide bonds. The maximum atomic E-state index is 12.3. The Hall–Kier alpha value is -1.34. The first-order chi connectivity index (χ1) is 11.1. The molecule has 2 rings (SSSR count). The molecular weight excluding hydrogens is 296 g/mol. The van der Waals surface area contributed by atoms with E-state index in [2.05, 4.69) is 10.2 Å². The smallest absolute Gasteiger partial charge is 0.317 e. The molecule has 0 bridgehead atoms. The fourth-order valence-corrected chi connectivity index (χ4v) is 2.96. The fraction of sp³-hybridized carbons (Fsp3) is 0.875. The van der Waals surface area contributed by atoms with Gasteiger partial charge in [-0.3, -0.25) is 9.69 Å². The van der Waals surface area contributed by atoms with Gasteiger partial charge in [0, 0.05) is 58.3 Å². The van der Waals surface area contributed by atoms with E-state index in [-0.39, 0.29) is 17.9 Å². The molecule has 2 heterocycles. The zero-order valence-electron chi connectivity index (χ0n) is 14.4. The molecule has 2 aliphatic heterocycles. The first kappa shape index (κ1) is 18.0. The highest BCUT2D eigenvalue weighted by molar-refractivity contribution is 5.78. The molecule has 0 aromatic rings. The molecule has 2 fully saturated rings. The highest BCUT2D eigenvalue weighted by Gasteiger charge is 2.23. The van der Waals surface area contributed by atoms with Crippen molar-refractivity contribution >= 4 is 11.9 Å². The van der Waals surface area contributed by atoms with Gasteiger partial charge in [0.25, 0.3) is 0 Å². The van der Waals surface area contributed by atoms with Crippen LogP contribution in [-0.2, 0) is 9.53 Å². The van der Waals surface area contributed by atoms with Gasteiger partial charge < -0.3 is 19.9 Å². The Balaban J connectivity index is 1.69. The molecule has 0 unspecified atom stereocenters. The quantitative estimate of drug-likeness (QED) is 0.803. The van der Waals surface area contributed by atoms with E-state index in [1.54, 1.807) is 0 Å². The van der Waals surface area contributed by atoms with Crippen LogP contribution in [0.1, 0.15) is 20.3 Å². The Morgan fingerprint density at radius 3 is 2.35 bits per heavy atom. The Kier molecular flexibility index (Phi) is 7.11. The van der Waals surface area contributed by atoms with Crippen LogP contribution in [0.25, 0.3) is 0 Å². The third-order valence-electron chi connectivity index (χ3n) is 4.40. The van der Waals surface area contributed by atoms with E-state index in [9.17, 15) is 9.59 Å². The van der Waals surface area contributed by atoms with Gasteiger partial charge in [0.05, 0.1) is 13.2 Å². The second-order valence-electron chi connectivity index (χ2n) is 6.51. The van der Waals surface area contributed by atoms with Gasteiger partial charge in [-0.25, -0.2) is 4.79 Å². The van der Waals surface area contributed by atoms with Crippen LogP contribution in [-0.4, -0.2) is 92.2 Å². The minimum atomic E-state index is -0.0166. The van der Waals surface area contributed by atoms with Crippen molar-refractivity contribution in [3.05, 3.63) is 0 Å². The summed E-state index contributed by atoms with van der Waals surface area (Å²) in [6.07, 6.45) is 0.843. The van der Waals surface area contributed by atoms with Gasteiger partial charge in [-0.2, -0.15) is 0 Å². The van der Waals surface area contributed by atoms with Crippen molar-refractivity contribution in [3.63, 3.8) is 0 Å². The maximum absolute atomic E-state index is 12.3. The van der Waals surface area contributed by atoms with Crippen LogP contribution in [0.4, 0.5) is 4.79 Å². The fourth-order valence-electron chi connectivity index (χ4n) is 2.96. The van der Waals surface area contributed by atoms with Crippen LogP contribution >= 0.6 is 0 Å². The normalized spacial score (nSPS) is 20.5. The summed E-state index contributed by atoms with van der Waals surface area (Å²) in [5.41, 5.74) is 0. The number of morpholine rings is 1. The van der Waals surface area contributed by atoms with E-state index in [0.717, 1.165) is 45.8 Å². The zero-order valence-corrected chi connectivity index (χ0v) is 14.4. The van der Waals surface area contributed by atoms with E-state index in [4.69, 9.17) is 4.74 Å². The predicted octanol–water partition coefficient (Wildman–Crippen LogP) is 0.219. The van der Waals surface area contributed by atoms with Gasteiger partial charge in [0.15, 0.2) is 0 Å². The minimum Gasteiger partial charge on any atom is -0.379 e. The Morgan fingerprint density at radius 1 is 1.00 bits per heavy atom. The number of nitrogens with one attached hydrogen (secondary N) is 1. The highest BCUT2D eigenvalue weighted by atomic mass is 16.5. The van der Waals surface area contributed by atoms with Gasteiger partial charge in [0.1, 0.15) is 0 Å². The zero-order chi connectivity index (χ0) is 16.7. The molecular formula is C16H30N4O3. The van der Waals surface area contributed by atoms with Gasteiger partial charge >= 0.3 is 6.03 Å². The van der Waals surface area contributed by atoms with Crippen molar-refractivity contribution in [2.24, 2.45) is 5.92 Å². The van der Waals surface area contributed by atoms with Crippen LogP contribution < -0.4 is 5.32 Å². The molecule has 2 saturated heterocycles. The summed E-state index contributed by atoms with van der Waals surface area (Å²) >= 11 is 0. The lowest BCUT2D eigenvalue weighted by Crippen LogP contribution is -2.46. The topological polar surface area (TPSA) is 65.1 Å². The third-order valence-corrected chi connectivity index (χ3v) is 4.40. The van der Waals surface area contributed by atoms with E-state index < -0.39 is 0 Å². The number of hydrogen-bond acceptors (Lipinski definition) is 4. The molecule has 132 valence electrons. The number of urea groups is 1. The van der Waals surface area contributed by atoms with Crippen molar-refractivity contribution in [2.75, 3.05) is 65.6 Å². The molecule has 0 saturated carbocycles. The van der Waals surface area contributed by atoms with Crippen molar-refractivity contribution in [3.8, 4) is 0 Å². The van der Waals surface area contributed by atoms with E-state index in [0.29, 0.717) is 26.2 Å². The van der Waals surface area contributed by atoms with E-state index in [1.165, 1.54) is 0 Å². The number of ether oxygens (including phenoxy) is 1. The second kappa shape index (κ2) is 9.08. The van der Waals surface area contributed by atoms with Gasteiger partial charge in [0.2, 0.25) is 5.91 Å².